The maximum Gasteiger partial charge on any atom is 0.252 e. The molecule has 0 radical (unpaired) electrons. The van der Waals surface area contributed by atoms with E-state index in [0.29, 0.717) is 23.6 Å². The molecule has 0 aliphatic heterocycles. The van der Waals surface area contributed by atoms with E-state index in [1.165, 1.54) is 0 Å². The van der Waals surface area contributed by atoms with Gasteiger partial charge in [-0.05, 0) is 64.6 Å². The Morgan fingerprint density at radius 1 is 0.893 bits per heavy atom. The Hall–Kier alpha value is -2.74. The minimum Gasteiger partial charge on any atom is -0.493 e. The zero-order valence-electron chi connectivity index (χ0n) is 15.6. The van der Waals surface area contributed by atoms with Crippen LogP contribution in [0.1, 0.15) is 15.9 Å². The molecule has 1 amide bonds. The van der Waals surface area contributed by atoms with Gasteiger partial charge in [0.25, 0.3) is 5.91 Å². The predicted octanol–water partition coefficient (Wildman–Crippen LogP) is 5.03. The number of benzene rings is 3. The van der Waals surface area contributed by atoms with Crippen molar-refractivity contribution >= 4 is 28.5 Å². The van der Waals surface area contributed by atoms with Crippen LogP contribution in [0.4, 0.5) is 0 Å². The first kappa shape index (κ1) is 20.0. The highest BCUT2D eigenvalue weighted by Gasteiger charge is 2.15. The van der Waals surface area contributed by atoms with E-state index in [-0.39, 0.29) is 5.91 Å². The zero-order valence-corrected chi connectivity index (χ0v) is 17.7. The van der Waals surface area contributed by atoms with Crippen LogP contribution in [0.2, 0.25) is 0 Å². The van der Waals surface area contributed by atoms with Gasteiger partial charge >= 0.3 is 0 Å². The van der Waals surface area contributed by atoms with E-state index in [4.69, 9.17) is 14.2 Å². The summed E-state index contributed by atoms with van der Waals surface area (Å²) >= 11 is 2.11. The van der Waals surface area contributed by atoms with E-state index in [1.54, 1.807) is 26.4 Å². The van der Waals surface area contributed by atoms with Crippen molar-refractivity contribution in [2.45, 2.75) is 6.54 Å². The second-order valence-electron chi connectivity index (χ2n) is 5.93. The monoisotopic (exact) mass is 489 g/mol. The lowest BCUT2D eigenvalue weighted by Crippen LogP contribution is -2.23. The van der Waals surface area contributed by atoms with Gasteiger partial charge in [-0.15, -0.1) is 0 Å². The Bertz CT molecular complexity index is 960. The highest BCUT2D eigenvalue weighted by Crippen LogP contribution is 2.31. The number of hydrogen-bond donors (Lipinski definition) is 1. The number of amides is 1. The minimum absolute atomic E-state index is 0.181. The molecular formula is C22H20INO4. The second-order valence-corrected chi connectivity index (χ2v) is 7.09. The lowest BCUT2D eigenvalue weighted by molar-refractivity contribution is 0.0949. The summed E-state index contributed by atoms with van der Waals surface area (Å²) in [6.45, 7) is 0.384. The van der Waals surface area contributed by atoms with Gasteiger partial charge in [0.1, 0.15) is 11.5 Å². The van der Waals surface area contributed by atoms with Crippen LogP contribution in [0.25, 0.3) is 0 Å². The molecule has 0 saturated carbocycles. The molecule has 0 unspecified atom stereocenters. The van der Waals surface area contributed by atoms with Crippen molar-refractivity contribution in [2.75, 3.05) is 14.2 Å². The smallest absolute Gasteiger partial charge is 0.252 e. The molecule has 3 aromatic carbocycles. The molecule has 6 heteroatoms. The van der Waals surface area contributed by atoms with Crippen molar-refractivity contribution in [3.63, 3.8) is 0 Å². The second kappa shape index (κ2) is 9.45. The molecule has 0 saturated heterocycles. The number of hydrogen-bond acceptors (Lipinski definition) is 4. The van der Waals surface area contributed by atoms with Gasteiger partial charge in [0.2, 0.25) is 0 Å². The van der Waals surface area contributed by atoms with Crippen LogP contribution in [0.5, 0.6) is 23.0 Å². The molecule has 0 fully saturated rings. The molecule has 5 nitrogen and oxygen atoms in total. The molecule has 0 heterocycles. The summed E-state index contributed by atoms with van der Waals surface area (Å²) in [4.78, 5) is 12.6. The maximum absolute atomic E-state index is 12.6. The fourth-order valence-electron chi connectivity index (χ4n) is 2.65. The molecule has 0 atom stereocenters. The summed E-state index contributed by atoms with van der Waals surface area (Å²) in [7, 11) is 3.11. The molecule has 0 aliphatic carbocycles. The summed E-state index contributed by atoms with van der Waals surface area (Å²) in [5, 5.41) is 2.94. The normalized spacial score (nSPS) is 10.2. The molecule has 0 bridgehead atoms. The molecule has 3 rings (SSSR count). The molecular weight excluding hydrogens is 469 g/mol. The fourth-order valence-corrected chi connectivity index (χ4v) is 3.33. The molecule has 3 aromatic rings. The van der Waals surface area contributed by atoms with E-state index in [2.05, 4.69) is 27.9 Å². The van der Waals surface area contributed by atoms with Crippen LogP contribution < -0.4 is 19.5 Å². The van der Waals surface area contributed by atoms with Crippen molar-refractivity contribution < 1.29 is 19.0 Å². The maximum atomic E-state index is 12.6. The Kier molecular flexibility index (Phi) is 6.76. The van der Waals surface area contributed by atoms with Crippen molar-refractivity contribution in [1.29, 1.82) is 0 Å². The Labute approximate surface area is 177 Å². The number of rotatable bonds is 7. The standard InChI is InChI=1S/C22H20INO4/c1-26-20-12-18(19(23)13-21(20)27-2)22(25)24-14-15-7-6-10-17(11-15)28-16-8-4-3-5-9-16/h3-13H,14H2,1-2H3,(H,24,25). The third-order valence-electron chi connectivity index (χ3n) is 4.05. The van der Waals surface area contributed by atoms with Gasteiger partial charge in [0.15, 0.2) is 11.5 Å². The van der Waals surface area contributed by atoms with Crippen molar-refractivity contribution in [2.24, 2.45) is 0 Å². The van der Waals surface area contributed by atoms with Crippen LogP contribution >= 0.6 is 22.6 Å². The van der Waals surface area contributed by atoms with E-state index in [1.807, 2.05) is 54.6 Å². The first-order valence-electron chi connectivity index (χ1n) is 8.62. The van der Waals surface area contributed by atoms with Gasteiger partial charge in [0, 0.05) is 10.1 Å². The highest BCUT2D eigenvalue weighted by molar-refractivity contribution is 14.1. The first-order chi connectivity index (χ1) is 13.6. The van der Waals surface area contributed by atoms with Crippen molar-refractivity contribution in [1.82, 2.24) is 5.32 Å². The third-order valence-corrected chi connectivity index (χ3v) is 4.94. The van der Waals surface area contributed by atoms with E-state index < -0.39 is 0 Å². The van der Waals surface area contributed by atoms with Gasteiger partial charge in [-0.2, -0.15) is 0 Å². The van der Waals surface area contributed by atoms with Gasteiger partial charge in [0.05, 0.1) is 19.8 Å². The summed E-state index contributed by atoms with van der Waals surface area (Å²) in [5.41, 5.74) is 1.48. The number of para-hydroxylation sites is 1. The lowest BCUT2D eigenvalue weighted by atomic mass is 10.1. The number of methoxy groups -OCH3 is 2. The summed E-state index contributed by atoms with van der Waals surface area (Å²) < 4.78 is 17.2. The zero-order chi connectivity index (χ0) is 19.9. The van der Waals surface area contributed by atoms with Crippen LogP contribution in [0, 0.1) is 3.57 Å². The van der Waals surface area contributed by atoms with E-state index in [9.17, 15) is 4.79 Å². The van der Waals surface area contributed by atoms with Crippen molar-refractivity contribution in [3.05, 3.63) is 81.4 Å². The molecule has 0 aromatic heterocycles. The largest absolute Gasteiger partial charge is 0.493 e. The molecule has 144 valence electrons. The number of carbonyl (C=O) groups excluding carboxylic acids is 1. The summed E-state index contributed by atoms with van der Waals surface area (Å²) in [5.74, 6) is 2.42. The number of carbonyl (C=O) groups is 1. The fraction of sp³-hybridized carbons (Fsp3) is 0.136. The predicted molar refractivity (Wildman–Crippen MR) is 116 cm³/mol. The topological polar surface area (TPSA) is 56.8 Å². The average molecular weight is 489 g/mol. The Balaban J connectivity index is 1.69. The van der Waals surface area contributed by atoms with Crippen molar-refractivity contribution in [3.8, 4) is 23.0 Å². The van der Waals surface area contributed by atoms with E-state index in [0.717, 1.165) is 20.6 Å². The average Bonchev–Trinajstić information content (AvgIpc) is 2.72. The van der Waals surface area contributed by atoms with Gasteiger partial charge < -0.3 is 19.5 Å². The lowest BCUT2D eigenvalue weighted by Gasteiger charge is -2.12. The highest BCUT2D eigenvalue weighted by atomic mass is 127. The number of ether oxygens (including phenoxy) is 3. The summed E-state index contributed by atoms with van der Waals surface area (Å²) in [6.07, 6.45) is 0. The van der Waals surface area contributed by atoms with Gasteiger partial charge in [-0.3, -0.25) is 4.79 Å². The molecule has 28 heavy (non-hydrogen) atoms. The van der Waals surface area contributed by atoms with Crippen LogP contribution in [-0.4, -0.2) is 20.1 Å². The summed E-state index contributed by atoms with van der Waals surface area (Å²) in [6, 6.07) is 20.7. The van der Waals surface area contributed by atoms with E-state index >= 15 is 0 Å². The number of nitrogens with one attached hydrogen (secondary N) is 1. The van der Waals surface area contributed by atoms with Gasteiger partial charge in [-0.25, -0.2) is 0 Å². The quantitative estimate of drug-likeness (QED) is 0.473. The number of halogens is 1. The minimum atomic E-state index is -0.181. The van der Waals surface area contributed by atoms with Crippen LogP contribution in [0.3, 0.4) is 0 Å². The molecule has 0 spiro atoms. The SMILES string of the molecule is COc1cc(I)c(C(=O)NCc2cccc(Oc3ccccc3)c2)cc1OC. The third kappa shape index (κ3) is 4.95. The van der Waals surface area contributed by atoms with Crippen LogP contribution in [-0.2, 0) is 6.54 Å². The molecule has 1 N–H and O–H groups in total. The van der Waals surface area contributed by atoms with Crippen LogP contribution in [0.15, 0.2) is 66.7 Å². The molecule has 0 aliphatic rings. The Morgan fingerprint density at radius 3 is 2.29 bits per heavy atom. The Morgan fingerprint density at radius 2 is 1.57 bits per heavy atom. The van der Waals surface area contributed by atoms with Gasteiger partial charge in [-0.1, -0.05) is 30.3 Å². The first-order valence-corrected chi connectivity index (χ1v) is 9.70.